The SMILES string of the molecule is Cc1ccc(Br)cc1S(=O)(=O)Nc1ccc(C#N)cc1. The molecule has 2 aromatic rings. The summed E-state index contributed by atoms with van der Waals surface area (Å²) in [5.41, 5.74) is 1.56. The number of nitrogens with zero attached hydrogens (tertiary/aromatic N) is 1. The van der Waals surface area contributed by atoms with Gasteiger partial charge in [-0.1, -0.05) is 22.0 Å². The summed E-state index contributed by atoms with van der Waals surface area (Å²) < 4.78 is 27.9. The maximum absolute atomic E-state index is 12.3. The third-order valence-electron chi connectivity index (χ3n) is 2.71. The van der Waals surface area contributed by atoms with Gasteiger partial charge in [0.1, 0.15) is 0 Å². The first-order valence-electron chi connectivity index (χ1n) is 5.71. The molecule has 0 aliphatic rings. The fraction of sp³-hybridized carbons (Fsp3) is 0.0714. The van der Waals surface area contributed by atoms with Crippen LogP contribution >= 0.6 is 15.9 Å². The van der Waals surface area contributed by atoms with Crippen molar-refractivity contribution in [2.24, 2.45) is 0 Å². The zero-order valence-electron chi connectivity index (χ0n) is 10.6. The molecule has 0 saturated heterocycles. The predicted molar refractivity (Wildman–Crippen MR) is 80.8 cm³/mol. The van der Waals surface area contributed by atoms with Crippen LogP contribution in [-0.4, -0.2) is 8.42 Å². The van der Waals surface area contributed by atoms with E-state index < -0.39 is 10.0 Å². The zero-order chi connectivity index (χ0) is 14.8. The van der Waals surface area contributed by atoms with Crippen LogP contribution in [0.3, 0.4) is 0 Å². The van der Waals surface area contributed by atoms with Gasteiger partial charge in [0.2, 0.25) is 0 Å². The number of hydrogen-bond acceptors (Lipinski definition) is 3. The second kappa shape index (κ2) is 5.65. The van der Waals surface area contributed by atoms with Crippen molar-refractivity contribution in [3.05, 3.63) is 58.1 Å². The van der Waals surface area contributed by atoms with E-state index >= 15 is 0 Å². The Morgan fingerprint density at radius 3 is 2.40 bits per heavy atom. The van der Waals surface area contributed by atoms with Gasteiger partial charge in [-0.15, -0.1) is 0 Å². The maximum atomic E-state index is 12.3. The number of rotatable bonds is 3. The molecule has 2 rings (SSSR count). The van der Waals surface area contributed by atoms with Gasteiger partial charge in [0.15, 0.2) is 0 Å². The average Bonchev–Trinajstić information content (AvgIpc) is 2.42. The Morgan fingerprint density at radius 2 is 1.80 bits per heavy atom. The maximum Gasteiger partial charge on any atom is 0.262 e. The van der Waals surface area contributed by atoms with Gasteiger partial charge in [-0.05, 0) is 48.9 Å². The van der Waals surface area contributed by atoms with Gasteiger partial charge >= 0.3 is 0 Å². The van der Waals surface area contributed by atoms with Gasteiger partial charge in [0, 0.05) is 10.2 Å². The van der Waals surface area contributed by atoms with Gasteiger partial charge in [-0.2, -0.15) is 5.26 Å². The molecule has 0 amide bonds. The second-order valence-electron chi connectivity index (χ2n) is 4.20. The fourth-order valence-corrected chi connectivity index (χ4v) is 3.53. The molecule has 0 aromatic heterocycles. The minimum absolute atomic E-state index is 0.219. The molecular formula is C14H11BrN2O2S. The molecule has 1 N–H and O–H groups in total. The van der Waals surface area contributed by atoms with Crippen LogP contribution in [0.5, 0.6) is 0 Å². The Labute approximate surface area is 126 Å². The minimum Gasteiger partial charge on any atom is -0.280 e. The van der Waals surface area contributed by atoms with E-state index in [1.54, 1.807) is 49.4 Å². The molecular weight excluding hydrogens is 340 g/mol. The molecule has 0 saturated carbocycles. The van der Waals surface area contributed by atoms with Crippen molar-refractivity contribution >= 4 is 31.6 Å². The highest BCUT2D eigenvalue weighted by atomic mass is 79.9. The standard InChI is InChI=1S/C14H11BrN2O2S/c1-10-2-5-12(15)8-14(10)20(18,19)17-13-6-3-11(9-16)4-7-13/h2-8,17H,1H3. The number of nitrogens with one attached hydrogen (secondary N) is 1. The number of sulfonamides is 1. The minimum atomic E-state index is -3.65. The lowest BCUT2D eigenvalue weighted by Crippen LogP contribution is -2.14. The second-order valence-corrected chi connectivity index (χ2v) is 6.77. The van der Waals surface area contributed by atoms with Gasteiger partial charge in [0.25, 0.3) is 10.0 Å². The summed E-state index contributed by atoms with van der Waals surface area (Å²) >= 11 is 3.26. The molecule has 4 nitrogen and oxygen atoms in total. The summed E-state index contributed by atoms with van der Waals surface area (Å²) in [4.78, 5) is 0.219. The van der Waals surface area contributed by atoms with Gasteiger partial charge < -0.3 is 0 Å². The third-order valence-corrected chi connectivity index (χ3v) is 4.72. The molecule has 0 atom stereocenters. The first-order chi connectivity index (χ1) is 9.42. The van der Waals surface area contributed by atoms with Crippen molar-refractivity contribution in [2.45, 2.75) is 11.8 Å². The summed E-state index contributed by atoms with van der Waals surface area (Å²) in [5.74, 6) is 0. The quantitative estimate of drug-likeness (QED) is 0.921. The van der Waals surface area contributed by atoms with E-state index in [0.717, 1.165) is 0 Å². The van der Waals surface area contributed by atoms with E-state index in [2.05, 4.69) is 20.7 Å². The van der Waals surface area contributed by atoms with Crippen molar-refractivity contribution in [3.8, 4) is 6.07 Å². The lowest BCUT2D eigenvalue weighted by Gasteiger charge is -2.10. The summed E-state index contributed by atoms with van der Waals surface area (Å²) in [6, 6.07) is 13.3. The Kier molecular flexibility index (Phi) is 4.12. The van der Waals surface area contributed by atoms with Crippen LogP contribution in [0.1, 0.15) is 11.1 Å². The first kappa shape index (κ1) is 14.6. The highest BCUT2D eigenvalue weighted by Gasteiger charge is 2.17. The van der Waals surface area contributed by atoms with E-state index in [1.165, 1.54) is 0 Å². The molecule has 0 heterocycles. The topological polar surface area (TPSA) is 70.0 Å². The number of halogens is 1. The third kappa shape index (κ3) is 3.18. The van der Waals surface area contributed by atoms with Crippen LogP contribution in [0, 0.1) is 18.3 Å². The molecule has 2 aromatic carbocycles. The molecule has 102 valence electrons. The normalized spacial score (nSPS) is 10.8. The van der Waals surface area contributed by atoms with Crippen molar-refractivity contribution in [2.75, 3.05) is 4.72 Å². The van der Waals surface area contributed by atoms with E-state index in [-0.39, 0.29) is 4.90 Å². The molecule has 0 fully saturated rings. The van der Waals surface area contributed by atoms with E-state index in [9.17, 15) is 8.42 Å². The number of nitriles is 1. The van der Waals surface area contributed by atoms with E-state index in [1.807, 2.05) is 6.07 Å². The van der Waals surface area contributed by atoms with Crippen LogP contribution < -0.4 is 4.72 Å². The lowest BCUT2D eigenvalue weighted by atomic mass is 10.2. The van der Waals surface area contributed by atoms with Crippen molar-refractivity contribution in [1.82, 2.24) is 0 Å². The van der Waals surface area contributed by atoms with Crippen molar-refractivity contribution < 1.29 is 8.42 Å². The summed E-state index contributed by atoms with van der Waals surface area (Å²) in [6.07, 6.45) is 0. The average molecular weight is 351 g/mol. The van der Waals surface area contributed by atoms with Crippen LogP contribution in [-0.2, 0) is 10.0 Å². The fourth-order valence-electron chi connectivity index (χ4n) is 1.69. The van der Waals surface area contributed by atoms with Crippen LogP contribution in [0.4, 0.5) is 5.69 Å². The number of anilines is 1. The summed E-state index contributed by atoms with van der Waals surface area (Å²) in [7, 11) is -3.65. The molecule has 0 radical (unpaired) electrons. The van der Waals surface area contributed by atoms with Gasteiger partial charge in [0.05, 0.1) is 16.5 Å². The zero-order valence-corrected chi connectivity index (χ0v) is 13.0. The molecule has 6 heteroatoms. The molecule has 0 aliphatic carbocycles. The Bertz CT molecular complexity index is 778. The van der Waals surface area contributed by atoms with Gasteiger partial charge in [-0.25, -0.2) is 8.42 Å². The van der Waals surface area contributed by atoms with E-state index in [4.69, 9.17) is 5.26 Å². The number of aryl methyl sites for hydroxylation is 1. The van der Waals surface area contributed by atoms with Crippen LogP contribution in [0.15, 0.2) is 51.8 Å². The molecule has 0 unspecified atom stereocenters. The van der Waals surface area contributed by atoms with Crippen LogP contribution in [0.25, 0.3) is 0 Å². The Hall–Kier alpha value is -1.84. The summed E-state index contributed by atoms with van der Waals surface area (Å²) in [5, 5.41) is 8.71. The lowest BCUT2D eigenvalue weighted by molar-refractivity contribution is 0.600. The highest BCUT2D eigenvalue weighted by Crippen LogP contribution is 2.23. The number of benzene rings is 2. The monoisotopic (exact) mass is 350 g/mol. The Balaban J connectivity index is 2.35. The van der Waals surface area contributed by atoms with Crippen molar-refractivity contribution in [1.29, 1.82) is 5.26 Å². The first-order valence-corrected chi connectivity index (χ1v) is 7.99. The smallest absolute Gasteiger partial charge is 0.262 e. The molecule has 20 heavy (non-hydrogen) atoms. The highest BCUT2D eigenvalue weighted by molar-refractivity contribution is 9.10. The molecule has 0 aliphatic heterocycles. The Morgan fingerprint density at radius 1 is 1.15 bits per heavy atom. The van der Waals surface area contributed by atoms with Crippen molar-refractivity contribution in [3.63, 3.8) is 0 Å². The van der Waals surface area contributed by atoms with Crippen LogP contribution in [0.2, 0.25) is 0 Å². The van der Waals surface area contributed by atoms with E-state index in [0.29, 0.717) is 21.3 Å². The number of hydrogen-bond donors (Lipinski definition) is 1. The molecule has 0 spiro atoms. The largest absolute Gasteiger partial charge is 0.280 e. The summed E-state index contributed by atoms with van der Waals surface area (Å²) in [6.45, 7) is 1.74. The predicted octanol–water partition coefficient (Wildman–Crippen LogP) is 3.43. The molecule has 0 bridgehead atoms. The van der Waals surface area contributed by atoms with Gasteiger partial charge in [-0.3, -0.25) is 4.72 Å².